The third-order valence-corrected chi connectivity index (χ3v) is 7.88. The van der Waals surface area contributed by atoms with Gasteiger partial charge in [0, 0.05) is 30.4 Å². The molecule has 3 fully saturated rings. The second kappa shape index (κ2) is 11.8. The van der Waals surface area contributed by atoms with Crippen molar-refractivity contribution in [1.82, 2.24) is 4.90 Å². The average molecular weight is 531 g/mol. The van der Waals surface area contributed by atoms with Crippen LogP contribution in [0.2, 0.25) is 5.02 Å². The smallest absolute Gasteiger partial charge is 0.312 e. The first kappa shape index (κ1) is 27.4. The van der Waals surface area contributed by atoms with Crippen LogP contribution in [0.25, 0.3) is 0 Å². The van der Waals surface area contributed by atoms with Crippen molar-refractivity contribution in [2.75, 3.05) is 31.2 Å². The number of aliphatic hydroxyl groups is 1. The van der Waals surface area contributed by atoms with Gasteiger partial charge in [0.15, 0.2) is 0 Å². The van der Waals surface area contributed by atoms with Gasteiger partial charge in [-0.2, -0.15) is 0 Å². The zero-order valence-corrected chi connectivity index (χ0v) is 21.8. The lowest BCUT2D eigenvalue weighted by molar-refractivity contribution is -0.155. The first-order valence-electron chi connectivity index (χ1n) is 12.9. The number of rotatable bonds is 13. The normalized spacial score (nSPS) is 27.7. The van der Waals surface area contributed by atoms with Crippen molar-refractivity contribution >= 4 is 35.1 Å². The zero-order valence-electron chi connectivity index (χ0n) is 21.0. The molecule has 3 heterocycles. The monoisotopic (exact) mass is 530 g/mol. The Kier molecular flexibility index (Phi) is 8.72. The van der Waals surface area contributed by atoms with E-state index in [1.807, 2.05) is 0 Å². The largest absolute Gasteiger partial charge is 0.465 e. The molecule has 2 bridgehead atoms. The second-order valence-corrected chi connectivity index (χ2v) is 10.3. The molecule has 5 atom stereocenters. The molecule has 0 saturated carbocycles. The van der Waals surface area contributed by atoms with Crippen molar-refractivity contribution in [2.45, 2.75) is 56.3 Å². The van der Waals surface area contributed by atoms with Gasteiger partial charge in [-0.05, 0) is 62.8 Å². The second-order valence-electron chi connectivity index (χ2n) is 9.83. The summed E-state index contributed by atoms with van der Waals surface area (Å²) >= 11 is 6.07. The van der Waals surface area contributed by atoms with Gasteiger partial charge in [-0.1, -0.05) is 23.8 Å². The number of allylic oxidation sites excluding steroid dienone is 1. The van der Waals surface area contributed by atoms with E-state index in [4.69, 9.17) is 21.1 Å². The summed E-state index contributed by atoms with van der Waals surface area (Å²) in [5.41, 5.74) is -0.475. The van der Waals surface area contributed by atoms with Crippen molar-refractivity contribution in [3.63, 3.8) is 0 Å². The summed E-state index contributed by atoms with van der Waals surface area (Å²) in [6, 6.07) is 6.01. The topological polar surface area (TPSA) is 96.4 Å². The maximum absolute atomic E-state index is 14.3. The predicted molar refractivity (Wildman–Crippen MR) is 140 cm³/mol. The summed E-state index contributed by atoms with van der Waals surface area (Å²) in [6.07, 6.45) is 6.42. The van der Waals surface area contributed by atoms with Gasteiger partial charge < -0.3 is 24.4 Å². The Bertz CT molecular complexity index is 1030. The summed E-state index contributed by atoms with van der Waals surface area (Å²) in [7, 11) is 0. The van der Waals surface area contributed by atoms with Crippen LogP contribution in [0.15, 0.2) is 49.6 Å². The number of nitrogens with zero attached hydrogens (tertiary/aromatic N) is 2. The minimum Gasteiger partial charge on any atom is -0.465 e. The zero-order chi connectivity index (χ0) is 26.6. The fourth-order valence-corrected chi connectivity index (χ4v) is 6.18. The minimum atomic E-state index is -1.10. The first-order valence-corrected chi connectivity index (χ1v) is 13.3. The van der Waals surface area contributed by atoms with Crippen LogP contribution in [0.5, 0.6) is 0 Å². The summed E-state index contributed by atoms with van der Waals surface area (Å²) in [5, 5.41) is 9.86. The lowest BCUT2D eigenvalue weighted by Gasteiger charge is -2.36. The van der Waals surface area contributed by atoms with Gasteiger partial charge in [-0.3, -0.25) is 14.4 Å². The Morgan fingerprint density at radius 2 is 1.97 bits per heavy atom. The van der Waals surface area contributed by atoms with Crippen LogP contribution < -0.4 is 4.90 Å². The Labute approximate surface area is 222 Å². The standard InChI is InChI=1S/C28H35ClN2O6/c1-3-5-8-18-36-27(35)22-21-13-14-28(37-21)23(22)25(33)31(16-6-7-17-32)24(28)26(34)30(15-4-2)20-11-9-19(29)10-12-20/h3-4,9-12,21-24,32H,1-2,5-8,13-18H2/t21-,22+,23-,24?,28?/m0/s1. The molecule has 1 aromatic rings. The van der Waals surface area contributed by atoms with Crippen molar-refractivity contribution in [2.24, 2.45) is 11.8 Å². The molecule has 3 aliphatic rings. The van der Waals surface area contributed by atoms with E-state index in [1.165, 1.54) is 0 Å². The quantitative estimate of drug-likeness (QED) is 0.238. The van der Waals surface area contributed by atoms with Gasteiger partial charge >= 0.3 is 5.97 Å². The number of halogens is 1. The minimum absolute atomic E-state index is 0.0131. The van der Waals surface area contributed by atoms with Crippen molar-refractivity contribution in [3.8, 4) is 0 Å². The molecule has 4 rings (SSSR count). The molecule has 1 N–H and O–H groups in total. The van der Waals surface area contributed by atoms with E-state index < -0.39 is 35.6 Å². The first-order chi connectivity index (χ1) is 17.9. The van der Waals surface area contributed by atoms with Gasteiger partial charge in [-0.15, -0.1) is 13.2 Å². The fraction of sp³-hybridized carbons (Fsp3) is 0.536. The summed E-state index contributed by atoms with van der Waals surface area (Å²) in [6.45, 7) is 8.24. The Morgan fingerprint density at radius 3 is 2.65 bits per heavy atom. The Morgan fingerprint density at radius 1 is 1.22 bits per heavy atom. The average Bonchev–Trinajstić information content (AvgIpc) is 3.53. The molecule has 8 nitrogen and oxygen atoms in total. The number of carbonyl (C=O) groups is 3. The third-order valence-electron chi connectivity index (χ3n) is 7.63. The molecular formula is C28H35ClN2O6. The molecule has 0 aliphatic carbocycles. The van der Waals surface area contributed by atoms with Crippen LogP contribution in [0.4, 0.5) is 5.69 Å². The maximum atomic E-state index is 14.3. The summed E-state index contributed by atoms with van der Waals surface area (Å²) in [5.74, 6) is -2.52. The van der Waals surface area contributed by atoms with Crippen molar-refractivity contribution < 1.29 is 29.0 Å². The number of likely N-dealkylation sites (tertiary alicyclic amines) is 1. The highest BCUT2D eigenvalue weighted by Crippen LogP contribution is 2.59. The molecule has 200 valence electrons. The molecular weight excluding hydrogens is 496 g/mol. The van der Waals surface area contributed by atoms with E-state index in [2.05, 4.69) is 13.2 Å². The van der Waals surface area contributed by atoms with Gasteiger partial charge in [0.05, 0.1) is 24.5 Å². The number of unbranched alkanes of at least 4 members (excludes halogenated alkanes) is 2. The van der Waals surface area contributed by atoms with E-state index in [0.717, 1.165) is 6.42 Å². The number of hydrogen-bond acceptors (Lipinski definition) is 6. The molecule has 0 radical (unpaired) electrons. The van der Waals surface area contributed by atoms with Crippen LogP contribution >= 0.6 is 11.6 Å². The molecule has 1 aromatic carbocycles. The molecule has 2 amide bonds. The fourth-order valence-electron chi connectivity index (χ4n) is 6.05. The highest BCUT2D eigenvalue weighted by atomic mass is 35.5. The van der Waals surface area contributed by atoms with E-state index in [1.54, 1.807) is 46.2 Å². The number of esters is 1. The van der Waals surface area contributed by atoms with Crippen LogP contribution in [0.3, 0.4) is 0 Å². The molecule has 0 aromatic heterocycles. The van der Waals surface area contributed by atoms with Gasteiger partial charge in [0.1, 0.15) is 11.6 Å². The highest BCUT2D eigenvalue weighted by Gasteiger charge is 2.75. The number of benzene rings is 1. The number of carbonyl (C=O) groups excluding carboxylic acids is 3. The number of aliphatic hydroxyl groups excluding tert-OH is 1. The van der Waals surface area contributed by atoms with Gasteiger partial charge in [0.2, 0.25) is 5.91 Å². The predicted octanol–water partition coefficient (Wildman–Crippen LogP) is 3.52. The van der Waals surface area contributed by atoms with E-state index in [-0.39, 0.29) is 38.1 Å². The number of amides is 2. The molecule has 3 saturated heterocycles. The van der Waals surface area contributed by atoms with Crippen LogP contribution in [0, 0.1) is 11.8 Å². The SMILES string of the molecule is C=CCCCOC(=O)[C@@H]1[C@@H]2CCC3(O2)C(C(=O)N(CC=C)c2ccc(Cl)cc2)N(CCCCO)C(=O)[C@H]13. The van der Waals surface area contributed by atoms with Crippen LogP contribution in [-0.4, -0.2) is 71.8 Å². The summed E-state index contributed by atoms with van der Waals surface area (Å²) < 4.78 is 12.0. The van der Waals surface area contributed by atoms with E-state index in [0.29, 0.717) is 42.8 Å². The third kappa shape index (κ3) is 5.07. The molecule has 2 unspecified atom stereocenters. The molecule has 9 heteroatoms. The van der Waals surface area contributed by atoms with E-state index in [9.17, 15) is 19.5 Å². The van der Waals surface area contributed by atoms with E-state index >= 15 is 0 Å². The molecule has 1 spiro atoms. The maximum Gasteiger partial charge on any atom is 0.312 e. The number of anilines is 1. The number of ether oxygens (including phenoxy) is 2. The van der Waals surface area contributed by atoms with Crippen LogP contribution in [0.1, 0.15) is 38.5 Å². The van der Waals surface area contributed by atoms with Crippen molar-refractivity contribution in [3.05, 3.63) is 54.6 Å². The molecule has 3 aliphatic heterocycles. The Hall–Kier alpha value is -2.68. The number of hydrogen-bond donors (Lipinski definition) is 1. The summed E-state index contributed by atoms with van der Waals surface area (Å²) in [4.78, 5) is 44.4. The van der Waals surface area contributed by atoms with Gasteiger partial charge in [-0.25, -0.2) is 0 Å². The van der Waals surface area contributed by atoms with Crippen LogP contribution in [-0.2, 0) is 23.9 Å². The van der Waals surface area contributed by atoms with Crippen molar-refractivity contribution in [1.29, 1.82) is 0 Å². The lowest BCUT2D eigenvalue weighted by atomic mass is 9.70. The Balaban J connectivity index is 1.67. The van der Waals surface area contributed by atoms with Gasteiger partial charge in [0.25, 0.3) is 5.91 Å². The number of fused-ring (bicyclic) bond motifs is 1. The lowest BCUT2D eigenvalue weighted by Crippen LogP contribution is -2.56. The molecule has 37 heavy (non-hydrogen) atoms. The highest BCUT2D eigenvalue weighted by molar-refractivity contribution is 6.30.